The zero-order valence-electron chi connectivity index (χ0n) is 17.8. The van der Waals surface area contributed by atoms with Crippen molar-refractivity contribution in [3.8, 4) is 11.4 Å². The Hall–Kier alpha value is -3.35. The number of benzene rings is 3. The fourth-order valence-corrected chi connectivity index (χ4v) is 4.71. The first-order chi connectivity index (χ1) is 15.5. The van der Waals surface area contributed by atoms with Crippen LogP contribution in [0.4, 0.5) is 0 Å². The van der Waals surface area contributed by atoms with Crippen molar-refractivity contribution in [1.29, 1.82) is 0 Å². The Balaban J connectivity index is 1.77. The van der Waals surface area contributed by atoms with Crippen LogP contribution < -0.4 is 0 Å². The maximum Gasteiger partial charge on any atom is 0.337 e. The van der Waals surface area contributed by atoms with Gasteiger partial charge in [-0.05, 0) is 43.3 Å². The summed E-state index contributed by atoms with van der Waals surface area (Å²) < 4.78 is 9.66. The van der Waals surface area contributed by atoms with Crippen molar-refractivity contribution < 1.29 is 14.6 Å². The number of nitrogens with zero attached hydrogens (tertiary/aromatic N) is 3. The molecule has 0 saturated heterocycles. The minimum Gasteiger partial charge on any atom is -0.478 e. The Morgan fingerprint density at radius 1 is 1.03 bits per heavy atom. The molecule has 0 radical (unpaired) electrons. The van der Waals surface area contributed by atoms with Crippen molar-refractivity contribution in [2.75, 3.05) is 13.7 Å². The number of halogens is 1. The third-order valence-corrected chi connectivity index (χ3v) is 6.25. The van der Waals surface area contributed by atoms with Gasteiger partial charge in [-0.25, -0.2) is 9.78 Å². The molecule has 2 aromatic heterocycles. The molecule has 0 aliphatic carbocycles. The number of carboxylic acid groups (broad SMARTS) is 1. The summed E-state index contributed by atoms with van der Waals surface area (Å²) in [4.78, 5) is 16.4. The van der Waals surface area contributed by atoms with Gasteiger partial charge in [-0.2, -0.15) is 0 Å². The predicted octanol–water partition coefficient (Wildman–Crippen LogP) is 5.83. The van der Waals surface area contributed by atoms with Gasteiger partial charge in [-0.1, -0.05) is 29.8 Å². The van der Waals surface area contributed by atoms with E-state index in [9.17, 15) is 9.90 Å². The molecule has 3 aromatic carbocycles. The Kier molecular flexibility index (Phi) is 5.12. The van der Waals surface area contributed by atoms with Crippen molar-refractivity contribution in [2.45, 2.75) is 20.0 Å². The number of carbonyl (C=O) groups is 1. The maximum absolute atomic E-state index is 11.6. The second-order valence-corrected chi connectivity index (χ2v) is 8.11. The highest BCUT2D eigenvalue weighted by atomic mass is 35.5. The van der Waals surface area contributed by atoms with Crippen LogP contribution in [0.25, 0.3) is 44.2 Å². The molecule has 5 aromatic rings. The second kappa shape index (κ2) is 7.97. The number of hydrogen-bond donors (Lipinski definition) is 1. The molecule has 0 unspecified atom stereocenters. The summed E-state index contributed by atoms with van der Waals surface area (Å²) in [5.41, 5.74) is 4.75. The van der Waals surface area contributed by atoms with E-state index in [0.717, 1.165) is 28.8 Å². The van der Waals surface area contributed by atoms with Crippen LogP contribution in [0.5, 0.6) is 0 Å². The number of imidazole rings is 1. The van der Waals surface area contributed by atoms with Gasteiger partial charge in [0.25, 0.3) is 0 Å². The number of hydrogen-bond acceptors (Lipinski definition) is 3. The van der Waals surface area contributed by atoms with E-state index in [1.165, 1.54) is 22.5 Å². The number of ether oxygens (including phenoxy) is 1. The highest BCUT2D eigenvalue weighted by Crippen LogP contribution is 2.34. The molecular formula is C25H22ClN3O3. The summed E-state index contributed by atoms with van der Waals surface area (Å²) in [7, 11) is 1.65. The molecule has 1 N–H and O–H groups in total. The lowest BCUT2D eigenvalue weighted by atomic mass is 10.1. The third kappa shape index (κ3) is 3.15. The summed E-state index contributed by atoms with van der Waals surface area (Å²) in [6.45, 7) is 4.09. The van der Waals surface area contributed by atoms with Crippen molar-refractivity contribution in [3.05, 3.63) is 65.2 Å². The average molecular weight is 448 g/mol. The number of aromatic nitrogens is 3. The number of aromatic carboxylic acids is 1. The number of carboxylic acids is 1. The fraction of sp³-hybridized carbons (Fsp3) is 0.200. The lowest BCUT2D eigenvalue weighted by Crippen LogP contribution is -2.06. The highest BCUT2D eigenvalue weighted by molar-refractivity contribution is 6.34. The van der Waals surface area contributed by atoms with Gasteiger partial charge in [-0.3, -0.25) is 0 Å². The molecule has 32 heavy (non-hydrogen) atoms. The van der Waals surface area contributed by atoms with Gasteiger partial charge < -0.3 is 19.0 Å². The lowest BCUT2D eigenvalue weighted by Gasteiger charge is -2.10. The lowest BCUT2D eigenvalue weighted by molar-refractivity contribution is 0.0697. The van der Waals surface area contributed by atoms with Crippen LogP contribution in [0, 0.1) is 0 Å². The van der Waals surface area contributed by atoms with E-state index in [1.54, 1.807) is 13.2 Å². The van der Waals surface area contributed by atoms with Crippen LogP contribution in [-0.2, 0) is 17.8 Å². The molecule has 0 aliphatic rings. The summed E-state index contributed by atoms with van der Waals surface area (Å²) >= 11 is 6.27. The molecule has 0 bridgehead atoms. The first-order valence-corrected chi connectivity index (χ1v) is 10.8. The van der Waals surface area contributed by atoms with Gasteiger partial charge in [0.05, 0.1) is 28.2 Å². The van der Waals surface area contributed by atoms with E-state index in [1.807, 2.05) is 4.57 Å². The van der Waals surface area contributed by atoms with Gasteiger partial charge >= 0.3 is 5.97 Å². The van der Waals surface area contributed by atoms with Gasteiger partial charge in [0.1, 0.15) is 5.82 Å². The van der Waals surface area contributed by atoms with E-state index in [4.69, 9.17) is 21.3 Å². The first kappa shape index (κ1) is 20.5. The number of para-hydroxylation sites is 1. The van der Waals surface area contributed by atoms with Gasteiger partial charge in [0, 0.05) is 47.6 Å². The van der Waals surface area contributed by atoms with Crippen molar-refractivity contribution in [3.63, 3.8) is 0 Å². The third-order valence-electron chi connectivity index (χ3n) is 5.93. The molecule has 2 heterocycles. The SMILES string of the molecule is CCn1c2ccccc2c2cc(-c3nc4cc(C(=O)O)c(Cl)cc4n3CCOC)ccc21. The molecule has 0 aliphatic heterocycles. The molecule has 162 valence electrons. The molecular weight excluding hydrogens is 426 g/mol. The Morgan fingerprint density at radius 3 is 2.56 bits per heavy atom. The van der Waals surface area contributed by atoms with Gasteiger partial charge in [0.2, 0.25) is 0 Å². The maximum atomic E-state index is 11.6. The molecule has 7 heteroatoms. The molecule has 0 saturated carbocycles. The van der Waals surface area contributed by atoms with Crippen molar-refractivity contribution in [2.24, 2.45) is 0 Å². The summed E-state index contributed by atoms with van der Waals surface area (Å²) in [5.74, 6) is -0.315. The Bertz CT molecular complexity index is 1500. The van der Waals surface area contributed by atoms with E-state index in [2.05, 4.69) is 54.0 Å². The van der Waals surface area contributed by atoms with Crippen molar-refractivity contribution in [1.82, 2.24) is 14.1 Å². The second-order valence-electron chi connectivity index (χ2n) is 7.70. The van der Waals surface area contributed by atoms with Crippen LogP contribution in [0.3, 0.4) is 0 Å². The summed E-state index contributed by atoms with van der Waals surface area (Å²) in [5, 5.41) is 12.0. The minimum atomic E-state index is -1.07. The molecule has 5 rings (SSSR count). The van der Waals surface area contributed by atoms with Crippen LogP contribution in [0.2, 0.25) is 5.02 Å². The predicted molar refractivity (Wildman–Crippen MR) is 128 cm³/mol. The number of methoxy groups -OCH3 is 1. The zero-order chi connectivity index (χ0) is 22.4. The van der Waals surface area contributed by atoms with Crippen LogP contribution >= 0.6 is 11.6 Å². The van der Waals surface area contributed by atoms with E-state index in [-0.39, 0.29) is 10.6 Å². The van der Waals surface area contributed by atoms with Crippen molar-refractivity contribution >= 4 is 50.4 Å². The molecule has 0 fully saturated rings. The first-order valence-electron chi connectivity index (χ1n) is 10.5. The highest BCUT2D eigenvalue weighted by Gasteiger charge is 2.19. The monoisotopic (exact) mass is 447 g/mol. The summed E-state index contributed by atoms with van der Waals surface area (Å²) in [6, 6.07) is 18.0. The Labute approximate surface area is 189 Å². The van der Waals surface area contributed by atoms with Gasteiger partial charge in [-0.15, -0.1) is 0 Å². The topological polar surface area (TPSA) is 69.3 Å². The molecule has 0 spiro atoms. The standard InChI is InChI=1S/C25H22ClN3O3/c1-3-28-21-7-5-4-6-16(21)17-12-15(8-9-22(17)28)24-27-20-13-18(25(30)31)19(26)14-23(20)29(24)10-11-32-2/h4-9,12-14H,3,10-11H2,1-2H3,(H,30,31). The fourth-order valence-electron chi connectivity index (χ4n) is 4.47. The number of rotatable bonds is 6. The van der Waals surface area contributed by atoms with Crippen LogP contribution in [0.1, 0.15) is 17.3 Å². The normalized spacial score (nSPS) is 11.7. The number of fused-ring (bicyclic) bond motifs is 4. The summed E-state index contributed by atoms with van der Waals surface area (Å²) in [6.07, 6.45) is 0. The largest absolute Gasteiger partial charge is 0.478 e. The van der Waals surface area contributed by atoms with E-state index in [0.29, 0.717) is 18.7 Å². The van der Waals surface area contributed by atoms with Crippen LogP contribution in [-0.4, -0.2) is 38.9 Å². The van der Waals surface area contributed by atoms with Crippen LogP contribution in [0.15, 0.2) is 54.6 Å². The smallest absolute Gasteiger partial charge is 0.337 e. The zero-order valence-corrected chi connectivity index (χ0v) is 18.6. The quantitative estimate of drug-likeness (QED) is 0.355. The molecule has 0 amide bonds. The molecule has 0 atom stereocenters. The van der Waals surface area contributed by atoms with E-state index < -0.39 is 5.97 Å². The van der Waals surface area contributed by atoms with Gasteiger partial charge in [0.15, 0.2) is 0 Å². The van der Waals surface area contributed by atoms with E-state index >= 15 is 0 Å². The molecule has 6 nitrogen and oxygen atoms in total. The number of aryl methyl sites for hydroxylation is 1. The minimum absolute atomic E-state index is 0.0450. The average Bonchev–Trinajstić information content (AvgIpc) is 3.31. The Morgan fingerprint density at radius 2 is 1.81 bits per heavy atom.